The molecule has 40 heavy (non-hydrogen) atoms. The zero-order valence-corrected chi connectivity index (χ0v) is 25.0. The molecule has 0 radical (unpaired) electrons. The fourth-order valence-electron chi connectivity index (χ4n) is 4.22. The molecule has 1 N–H and O–H groups in total. The Hall–Kier alpha value is -3.27. The molecule has 3 aromatic carbocycles. The standard InChI is InChI=1S/C29H33Cl2N3O5S/c1-4-25(29(36)32-5-2)33(19-21-16-17-23(30)24(31)18-21)28(35)20-34(26-14-10-11-15-27(26)39-6-3)40(37,38)22-12-8-7-9-13-22/h7-18,25H,4-6,19-20H2,1-3H3,(H,32,36). The van der Waals surface area contributed by atoms with Crippen molar-refractivity contribution in [2.45, 2.75) is 44.7 Å². The number of para-hydroxylation sites is 2. The van der Waals surface area contributed by atoms with Crippen LogP contribution in [0.1, 0.15) is 32.8 Å². The molecule has 0 saturated heterocycles. The minimum Gasteiger partial charge on any atom is -0.492 e. The first-order valence-electron chi connectivity index (χ1n) is 12.9. The second kappa shape index (κ2) is 14.4. The SMILES string of the molecule is CCNC(=O)C(CC)N(Cc1ccc(Cl)c(Cl)c1)C(=O)CN(c1ccccc1OCC)S(=O)(=O)c1ccccc1. The zero-order chi connectivity index (χ0) is 29.3. The fourth-order valence-corrected chi connectivity index (χ4v) is 5.99. The van der Waals surface area contributed by atoms with Gasteiger partial charge in [0, 0.05) is 13.1 Å². The summed E-state index contributed by atoms with van der Waals surface area (Å²) >= 11 is 12.3. The summed E-state index contributed by atoms with van der Waals surface area (Å²) in [6.07, 6.45) is 0.305. The van der Waals surface area contributed by atoms with Gasteiger partial charge >= 0.3 is 0 Å². The van der Waals surface area contributed by atoms with Crippen LogP contribution in [0.15, 0.2) is 77.7 Å². The van der Waals surface area contributed by atoms with E-state index in [2.05, 4.69) is 5.32 Å². The van der Waals surface area contributed by atoms with Gasteiger partial charge in [0.05, 0.1) is 27.2 Å². The summed E-state index contributed by atoms with van der Waals surface area (Å²) in [5, 5.41) is 3.43. The van der Waals surface area contributed by atoms with Crippen LogP contribution < -0.4 is 14.4 Å². The van der Waals surface area contributed by atoms with Gasteiger partial charge in [0.25, 0.3) is 10.0 Å². The summed E-state index contributed by atoms with van der Waals surface area (Å²) in [7, 11) is -4.20. The Kier molecular flexibility index (Phi) is 11.2. The van der Waals surface area contributed by atoms with Gasteiger partial charge in [0.15, 0.2) is 0 Å². The lowest BCUT2D eigenvalue weighted by Crippen LogP contribution is -2.52. The predicted molar refractivity (Wildman–Crippen MR) is 158 cm³/mol. The highest BCUT2D eigenvalue weighted by Gasteiger charge is 2.34. The Morgan fingerprint density at radius 1 is 0.925 bits per heavy atom. The number of carbonyl (C=O) groups excluding carboxylic acids is 2. The van der Waals surface area contributed by atoms with E-state index in [0.717, 1.165) is 4.31 Å². The van der Waals surface area contributed by atoms with Gasteiger partial charge in [-0.3, -0.25) is 13.9 Å². The number of anilines is 1. The average molecular weight is 607 g/mol. The number of ether oxygens (including phenoxy) is 1. The van der Waals surface area contributed by atoms with Crippen molar-refractivity contribution in [3.05, 3.63) is 88.4 Å². The number of nitrogens with one attached hydrogen (secondary N) is 1. The first-order chi connectivity index (χ1) is 19.1. The molecular weight excluding hydrogens is 573 g/mol. The molecule has 8 nitrogen and oxygen atoms in total. The molecule has 1 atom stereocenters. The van der Waals surface area contributed by atoms with Gasteiger partial charge in [-0.25, -0.2) is 8.42 Å². The Morgan fingerprint density at radius 2 is 1.60 bits per heavy atom. The summed E-state index contributed by atoms with van der Waals surface area (Å²) < 4.78 is 34.7. The Morgan fingerprint density at radius 3 is 2.23 bits per heavy atom. The third kappa shape index (κ3) is 7.47. The molecular formula is C29H33Cl2N3O5S. The highest BCUT2D eigenvalue weighted by atomic mass is 35.5. The molecule has 2 amide bonds. The number of hydrogen-bond acceptors (Lipinski definition) is 5. The number of nitrogens with zero attached hydrogens (tertiary/aromatic N) is 2. The summed E-state index contributed by atoms with van der Waals surface area (Å²) in [5.74, 6) is -0.607. The maximum atomic E-state index is 14.1. The van der Waals surface area contributed by atoms with Crippen molar-refractivity contribution in [1.29, 1.82) is 0 Å². The molecule has 0 spiro atoms. The normalized spacial score (nSPS) is 11.9. The largest absolute Gasteiger partial charge is 0.492 e. The highest BCUT2D eigenvalue weighted by molar-refractivity contribution is 7.92. The van der Waals surface area contributed by atoms with E-state index in [1.165, 1.54) is 17.0 Å². The third-order valence-corrected chi connectivity index (χ3v) is 8.63. The van der Waals surface area contributed by atoms with Crippen molar-refractivity contribution in [3.63, 3.8) is 0 Å². The van der Waals surface area contributed by atoms with Crippen molar-refractivity contribution < 1.29 is 22.7 Å². The second-order valence-corrected chi connectivity index (χ2v) is 11.5. The minimum atomic E-state index is -4.20. The van der Waals surface area contributed by atoms with Crippen LogP contribution in [0.5, 0.6) is 5.75 Å². The summed E-state index contributed by atoms with van der Waals surface area (Å²) in [5.41, 5.74) is 0.847. The van der Waals surface area contributed by atoms with Gasteiger partial charge in [-0.05, 0) is 62.2 Å². The molecule has 0 heterocycles. The van der Waals surface area contributed by atoms with Gasteiger partial charge in [-0.1, -0.05) is 66.5 Å². The number of halogens is 2. The summed E-state index contributed by atoms with van der Waals surface area (Å²) in [6.45, 7) is 5.47. The van der Waals surface area contributed by atoms with Crippen LogP contribution >= 0.6 is 23.2 Å². The molecule has 1 unspecified atom stereocenters. The van der Waals surface area contributed by atoms with Gasteiger partial charge in [-0.2, -0.15) is 0 Å². The van der Waals surface area contributed by atoms with E-state index < -0.39 is 28.5 Å². The van der Waals surface area contributed by atoms with Crippen LogP contribution in [0.25, 0.3) is 0 Å². The quantitative estimate of drug-likeness (QED) is 0.276. The van der Waals surface area contributed by atoms with Gasteiger partial charge in [0.2, 0.25) is 11.8 Å². The van der Waals surface area contributed by atoms with E-state index in [4.69, 9.17) is 27.9 Å². The molecule has 0 aliphatic heterocycles. The highest BCUT2D eigenvalue weighted by Crippen LogP contribution is 2.33. The van der Waals surface area contributed by atoms with Crippen molar-refractivity contribution >= 4 is 50.7 Å². The van der Waals surface area contributed by atoms with E-state index in [0.29, 0.717) is 40.9 Å². The van der Waals surface area contributed by atoms with Crippen LogP contribution in [0.4, 0.5) is 5.69 Å². The lowest BCUT2D eigenvalue weighted by Gasteiger charge is -2.33. The fraction of sp³-hybridized carbons (Fsp3) is 0.310. The van der Waals surface area contributed by atoms with E-state index in [-0.39, 0.29) is 23.0 Å². The van der Waals surface area contributed by atoms with E-state index >= 15 is 0 Å². The maximum absolute atomic E-state index is 14.1. The molecule has 0 aliphatic rings. The maximum Gasteiger partial charge on any atom is 0.264 e. The van der Waals surface area contributed by atoms with Gasteiger partial charge in [0.1, 0.15) is 18.3 Å². The Balaban J connectivity index is 2.11. The number of sulfonamides is 1. The lowest BCUT2D eigenvalue weighted by molar-refractivity contribution is -0.140. The van der Waals surface area contributed by atoms with Crippen LogP contribution in [-0.2, 0) is 26.2 Å². The van der Waals surface area contributed by atoms with Crippen LogP contribution in [0.2, 0.25) is 10.0 Å². The predicted octanol–water partition coefficient (Wildman–Crippen LogP) is 5.53. The number of benzene rings is 3. The summed E-state index contributed by atoms with van der Waals surface area (Å²) in [6, 6.07) is 18.6. The Bertz CT molecular complexity index is 1420. The molecule has 0 fully saturated rings. The first-order valence-corrected chi connectivity index (χ1v) is 15.1. The number of hydrogen-bond donors (Lipinski definition) is 1. The van der Waals surface area contributed by atoms with E-state index in [1.54, 1.807) is 81.4 Å². The van der Waals surface area contributed by atoms with Crippen LogP contribution in [-0.4, -0.2) is 50.9 Å². The Labute approximate surface area is 245 Å². The van der Waals surface area contributed by atoms with Crippen LogP contribution in [0.3, 0.4) is 0 Å². The van der Waals surface area contributed by atoms with Gasteiger partial charge in [-0.15, -0.1) is 0 Å². The molecule has 0 saturated carbocycles. The van der Waals surface area contributed by atoms with Crippen molar-refractivity contribution in [1.82, 2.24) is 10.2 Å². The zero-order valence-electron chi connectivity index (χ0n) is 22.6. The number of carbonyl (C=O) groups is 2. The smallest absolute Gasteiger partial charge is 0.264 e. The van der Waals surface area contributed by atoms with Crippen molar-refractivity contribution in [3.8, 4) is 5.75 Å². The topological polar surface area (TPSA) is 96.0 Å². The molecule has 0 bridgehead atoms. The number of rotatable bonds is 13. The first kappa shape index (κ1) is 31.3. The molecule has 11 heteroatoms. The van der Waals surface area contributed by atoms with Crippen molar-refractivity contribution in [2.24, 2.45) is 0 Å². The summed E-state index contributed by atoms with van der Waals surface area (Å²) in [4.78, 5) is 28.5. The van der Waals surface area contributed by atoms with Crippen LogP contribution in [0, 0.1) is 0 Å². The van der Waals surface area contributed by atoms with Crippen molar-refractivity contribution in [2.75, 3.05) is 24.0 Å². The lowest BCUT2D eigenvalue weighted by atomic mass is 10.1. The number of likely N-dealkylation sites (N-methyl/N-ethyl adjacent to an activating group) is 1. The average Bonchev–Trinajstić information content (AvgIpc) is 2.94. The minimum absolute atomic E-state index is 0.0116. The molecule has 0 aromatic heterocycles. The molecule has 3 aromatic rings. The third-order valence-electron chi connectivity index (χ3n) is 6.12. The molecule has 0 aliphatic carbocycles. The number of amides is 2. The molecule has 214 valence electrons. The monoisotopic (exact) mass is 605 g/mol. The second-order valence-electron chi connectivity index (χ2n) is 8.81. The molecule has 3 rings (SSSR count). The van der Waals surface area contributed by atoms with E-state index in [1.807, 2.05) is 0 Å². The van der Waals surface area contributed by atoms with E-state index in [9.17, 15) is 18.0 Å². The van der Waals surface area contributed by atoms with Gasteiger partial charge < -0.3 is 15.0 Å².